The number of rotatable bonds is 3. The molecule has 5 rings (SSSR count). The van der Waals surface area contributed by atoms with Crippen LogP contribution in [0.5, 0.6) is 0 Å². The zero-order chi connectivity index (χ0) is 20.5. The average molecular weight is 394 g/mol. The molecule has 2 atom stereocenters. The van der Waals surface area contributed by atoms with Crippen molar-refractivity contribution in [2.45, 2.75) is 24.9 Å². The molecular formula is C26H22N2O2. The van der Waals surface area contributed by atoms with E-state index in [2.05, 4.69) is 12.1 Å². The summed E-state index contributed by atoms with van der Waals surface area (Å²) in [6.07, 6.45) is 2.58. The van der Waals surface area contributed by atoms with Crippen molar-refractivity contribution in [1.82, 2.24) is 10.0 Å². The van der Waals surface area contributed by atoms with Crippen LogP contribution in [0.3, 0.4) is 0 Å². The number of benzene rings is 3. The molecule has 2 amide bonds. The molecule has 0 saturated carbocycles. The van der Waals surface area contributed by atoms with Crippen molar-refractivity contribution in [2.75, 3.05) is 0 Å². The molecule has 0 N–H and O–H groups in total. The standard InChI is InChI=1S/C26H22N2O2/c29-25-17-22(19-10-4-1-5-11-19)16-23(20-12-6-2-7-13-20)27-24(18-26(30)28(25)27)21-14-8-3-9-15-21/h1-15,17,23-24H,16,18H2/t23-,24+/m0/s1. The molecule has 3 aromatic carbocycles. The third kappa shape index (κ3) is 3.25. The van der Waals surface area contributed by atoms with Crippen LogP contribution in [-0.2, 0) is 9.59 Å². The Morgan fingerprint density at radius 2 is 1.13 bits per heavy atom. The first kappa shape index (κ1) is 18.5. The predicted molar refractivity (Wildman–Crippen MR) is 116 cm³/mol. The van der Waals surface area contributed by atoms with Crippen LogP contribution in [0.25, 0.3) is 5.57 Å². The lowest BCUT2D eigenvalue weighted by Gasteiger charge is -2.36. The SMILES string of the molecule is O=C1C=C(c2ccccc2)C[C@@H](c2ccccc2)N2[C@@H](c3ccccc3)CC(=O)N12. The minimum atomic E-state index is -0.268. The van der Waals surface area contributed by atoms with Gasteiger partial charge in [-0.1, -0.05) is 91.0 Å². The molecule has 0 aromatic heterocycles. The summed E-state index contributed by atoms with van der Waals surface area (Å²) in [7, 11) is 0. The predicted octanol–water partition coefficient (Wildman–Crippen LogP) is 4.93. The Hall–Kier alpha value is -3.50. The number of hydrogen-bond donors (Lipinski definition) is 0. The summed E-state index contributed by atoms with van der Waals surface area (Å²) in [5.41, 5.74) is 4.10. The summed E-state index contributed by atoms with van der Waals surface area (Å²) in [6.45, 7) is 0. The van der Waals surface area contributed by atoms with Gasteiger partial charge in [0.05, 0.1) is 18.5 Å². The highest BCUT2D eigenvalue weighted by molar-refractivity contribution is 6.05. The Labute approximate surface area is 176 Å². The Morgan fingerprint density at radius 3 is 1.70 bits per heavy atom. The lowest BCUT2D eigenvalue weighted by Crippen LogP contribution is -2.44. The second-order valence-corrected chi connectivity index (χ2v) is 7.72. The fourth-order valence-electron chi connectivity index (χ4n) is 4.52. The summed E-state index contributed by atoms with van der Waals surface area (Å²) >= 11 is 0. The van der Waals surface area contributed by atoms with Gasteiger partial charge < -0.3 is 0 Å². The van der Waals surface area contributed by atoms with Crippen LogP contribution in [0.15, 0.2) is 97.1 Å². The van der Waals surface area contributed by atoms with E-state index in [0.717, 1.165) is 22.3 Å². The Morgan fingerprint density at radius 1 is 0.633 bits per heavy atom. The van der Waals surface area contributed by atoms with Crippen LogP contribution in [0.2, 0.25) is 0 Å². The maximum absolute atomic E-state index is 13.2. The van der Waals surface area contributed by atoms with Crippen LogP contribution in [0.4, 0.5) is 0 Å². The molecule has 0 aliphatic carbocycles. The van der Waals surface area contributed by atoms with Crippen LogP contribution >= 0.6 is 0 Å². The van der Waals surface area contributed by atoms with Gasteiger partial charge in [0, 0.05) is 6.08 Å². The second-order valence-electron chi connectivity index (χ2n) is 7.72. The lowest BCUT2D eigenvalue weighted by molar-refractivity contribution is -0.157. The van der Waals surface area contributed by atoms with Gasteiger partial charge in [-0.05, 0) is 28.7 Å². The van der Waals surface area contributed by atoms with E-state index >= 15 is 0 Å². The van der Waals surface area contributed by atoms with Gasteiger partial charge in [-0.2, -0.15) is 5.01 Å². The Kier molecular flexibility index (Phi) is 4.77. The van der Waals surface area contributed by atoms with Crippen molar-refractivity contribution in [2.24, 2.45) is 0 Å². The van der Waals surface area contributed by atoms with E-state index in [-0.39, 0.29) is 23.9 Å². The number of amides is 2. The number of imide groups is 1. The summed E-state index contributed by atoms with van der Waals surface area (Å²) in [4.78, 5) is 26.2. The number of carbonyl (C=O) groups is 2. The van der Waals surface area contributed by atoms with Crippen molar-refractivity contribution >= 4 is 17.4 Å². The average Bonchev–Trinajstić information content (AvgIpc) is 3.06. The topological polar surface area (TPSA) is 40.6 Å². The van der Waals surface area contributed by atoms with E-state index in [1.54, 1.807) is 6.08 Å². The highest BCUT2D eigenvalue weighted by atomic mass is 16.2. The molecule has 0 radical (unpaired) electrons. The molecule has 2 aliphatic heterocycles. The van der Waals surface area contributed by atoms with Crippen LogP contribution in [0, 0.1) is 0 Å². The van der Waals surface area contributed by atoms with Gasteiger partial charge in [0.25, 0.3) is 5.91 Å². The monoisotopic (exact) mass is 394 g/mol. The molecular weight excluding hydrogens is 372 g/mol. The zero-order valence-electron chi connectivity index (χ0n) is 16.5. The van der Waals surface area contributed by atoms with Crippen LogP contribution in [-0.4, -0.2) is 21.8 Å². The highest BCUT2D eigenvalue weighted by Gasteiger charge is 2.47. The van der Waals surface area contributed by atoms with E-state index in [9.17, 15) is 9.59 Å². The maximum Gasteiger partial charge on any atom is 0.268 e. The Bertz CT molecular complexity index is 1090. The van der Waals surface area contributed by atoms with Crippen molar-refractivity contribution in [3.8, 4) is 0 Å². The third-order valence-corrected chi connectivity index (χ3v) is 5.91. The summed E-state index contributed by atoms with van der Waals surface area (Å²) < 4.78 is 0. The van der Waals surface area contributed by atoms with E-state index < -0.39 is 0 Å². The normalized spacial score (nSPS) is 21.9. The minimum Gasteiger partial charge on any atom is -0.273 e. The van der Waals surface area contributed by atoms with E-state index in [4.69, 9.17) is 0 Å². The molecule has 30 heavy (non-hydrogen) atoms. The third-order valence-electron chi connectivity index (χ3n) is 5.91. The highest BCUT2D eigenvalue weighted by Crippen LogP contribution is 2.45. The zero-order valence-corrected chi connectivity index (χ0v) is 16.5. The quantitative estimate of drug-likeness (QED) is 0.591. The summed E-state index contributed by atoms with van der Waals surface area (Å²) in [6, 6.07) is 29.8. The minimum absolute atomic E-state index is 0.124. The molecule has 0 bridgehead atoms. The molecule has 0 spiro atoms. The molecule has 3 aromatic rings. The van der Waals surface area contributed by atoms with Crippen molar-refractivity contribution in [1.29, 1.82) is 0 Å². The van der Waals surface area contributed by atoms with Gasteiger partial charge in [-0.15, -0.1) is 0 Å². The van der Waals surface area contributed by atoms with Crippen LogP contribution < -0.4 is 0 Å². The molecule has 2 aliphatic rings. The smallest absolute Gasteiger partial charge is 0.268 e. The van der Waals surface area contributed by atoms with E-state index in [1.165, 1.54) is 5.01 Å². The van der Waals surface area contributed by atoms with Gasteiger partial charge in [0.2, 0.25) is 5.91 Å². The fraction of sp³-hybridized carbons (Fsp3) is 0.154. The van der Waals surface area contributed by atoms with Crippen LogP contribution in [0.1, 0.15) is 41.6 Å². The van der Waals surface area contributed by atoms with Crippen molar-refractivity contribution < 1.29 is 9.59 Å². The van der Waals surface area contributed by atoms with Gasteiger partial charge in [-0.3, -0.25) is 9.59 Å². The molecule has 0 unspecified atom stereocenters. The molecule has 4 nitrogen and oxygen atoms in total. The Balaban J connectivity index is 1.65. The number of hydrogen-bond acceptors (Lipinski definition) is 3. The first-order chi connectivity index (χ1) is 14.7. The lowest BCUT2D eigenvalue weighted by atomic mass is 9.92. The number of carbonyl (C=O) groups excluding carboxylic acids is 2. The first-order valence-electron chi connectivity index (χ1n) is 10.2. The fourth-order valence-corrected chi connectivity index (χ4v) is 4.52. The van der Waals surface area contributed by atoms with E-state index in [0.29, 0.717) is 12.8 Å². The van der Waals surface area contributed by atoms with Gasteiger partial charge in [0.1, 0.15) is 0 Å². The van der Waals surface area contributed by atoms with Crippen molar-refractivity contribution in [3.63, 3.8) is 0 Å². The summed E-state index contributed by atoms with van der Waals surface area (Å²) in [5, 5.41) is 3.37. The van der Waals surface area contributed by atoms with E-state index in [1.807, 2.05) is 83.9 Å². The van der Waals surface area contributed by atoms with Gasteiger partial charge in [-0.25, -0.2) is 5.01 Å². The largest absolute Gasteiger partial charge is 0.273 e. The number of fused-ring (bicyclic) bond motifs is 1. The molecule has 1 saturated heterocycles. The second kappa shape index (κ2) is 7.73. The molecule has 1 fully saturated rings. The molecule has 2 heterocycles. The first-order valence-corrected chi connectivity index (χ1v) is 10.2. The molecule has 4 heteroatoms. The van der Waals surface area contributed by atoms with Crippen molar-refractivity contribution in [3.05, 3.63) is 114 Å². The van der Waals surface area contributed by atoms with Gasteiger partial charge in [0.15, 0.2) is 0 Å². The number of nitrogens with zero attached hydrogens (tertiary/aromatic N) is 2. The maximum atomic E-state index is 13.2. The molecule has 148 valence electrons. The van der Waals surface area contributed by atoms with Gasteiger partial charge >= 0.3 is 0 Å². The summed E-state index contributed by atoms with van der Waals surface area (Å²) in [5.74, 6) is -0.420. The number of hydrazine groups is 1.